The highest BCUT2D eigenvalue weighted by molar-refractivity contribution is 6.09. The van der Waals surface area contributed by atoms with Crippen molar-refractivity contribution in [2.24, 2.45) is 28.2 Å². The summed E-state index contributed by atoms with van der Waals surface area (Å²) in [5.74, 6) is -1.90. The number of aryl methyl sites for hydroxylation is 5. The molecule has 5 heterocycles. The van der Waals surface area contributed by atoms with Gasteiger partial charge >= 0.3 is 0 Å². The molecule has 0 aliphatic carbocycles. The summed E-state index contributed by atoms with van der Waals surface area (Å²) in [6.45, 7) is 2.78. The summed E-state index contributed by atoms with van der Waals surface area (Å²) in [7, 11) is 14.8. The Morgan fingerprint density at radius 3 is 1.38 bits per heavy atom. The predicted molar refractivity (Wildman–Crippen MR) is 252 cm³/mol. The minimum Gasteiger partial charge on any atom is -0.351 e. The molecule has 0 bridgehead atoms. The summed E-state index contributed by atoms with van der Waals surface area (Å²) in [6.07, 6.45) is 8.85. The summed E-state index contributed by atoms with van der Waals surface area (Å²) >= 11 is 0. The summed E-state index contributed by atoms with van der Waals surface area (Å²) in [5.41, 5.74) is 5.18. The number of anilines is 4. The van der Waals surface area contributed by atoms with E-state index in [1.807, 2.05) is 56.2 Å². The third-order valence-corrected chi connectivity index (χ3v) is 10.7. The third-order valence-electron chi connectivity index (χ3n) is 10.7. The summed E-state index contributed by atoms with van der Waals surface area (Å²) in [6, 6.07) is 13.8. The van der Waals surface area contributed by atoms with Crippen LogP contribution in [0.3, 0.4) is 0 Å². The van der Waals surface area contributed by atoms with Crippen LogP contribution in [0.1, 0.15) is 77.3 Å². The van der Waals surface area contributed by atoms with Crippen LogP contribution in [0.15, 0.2) is 73.3 Å². The topological polar surface area (TPSA) is 217 Å². The molecule has 0 aliphatic rings. The van der Waals surface area contributed by atoms with E-state index in [9.17, 15) is 28.8 Å². The molecule has 0 saturated carbocycles. The van der Waals surface area contributed by atoms with E-state index in [2.05, 4.69) is 36.9 Å². The van der Waals surface area contributed by atoms with Crippen molar-refractivity contribution in [3.63, 3.8) is 0 Å². The van der Waals surface area contributed by atoms with Crippen LogP contribution in [0.4, 0.5) is 22.7 Å². The number of nitrogens with one attached hydrogen (secondary N) is 7. The van der Waals surface area contributed by atoms with Crippen LogP contribution in [-0.2, 0) is 39.4 Å². The molecule has 19 heteroatoms. The van der Waals surface area contributed by atoms with Gasteiger partial charge in [-0.05, 0) is 103 Å². The van der Waals surface area contributed by atoms with Crippen molar-refractivity contribution in [2.75, 3.05) is 75.6 Å². The number of amides is 6. The third kappa shape index (κ3) is 12.4. The number of hydrogen-bond donors (Lipinski definition) is 7. The van der Waals surface area contributed by atoms with E-state index in [-0.39, 0.29) is 24.1 Å². The van der Waals surface area contributed by atoms with Gasteiger partial charge in [0.05, 0.1) is 22.7 Å². The first-order valence-corrected chi connectivity index (χ1v) is 21.3. The minimum atomic E-state index is -0.410. The lowest BCUT2D eigenvalue weighted by Gasteiger charge is -2.10. The molecule has 0 radical (unpaired) electrons. The Morgan fingerprint density at radius 1 is 0.523 bits per heavy atom. The van der Waals surface area contributed by atoms with Gasteiger partial charge < -0.3 is 65.0 Å². The number of nitrogens with zero attached hydrogens (tertiary/aromatic N) is 6. The van der Waals surface area contributed by atoms with Gasteiger partial charge in [-0.15, -0.1) is 0 Å². The summed E-state index contributed by atoms with van der Waals surface area (Å²) in [4.78, 5) is 85.5. The largest absolute Gasteiger partial charge is 0.351 e. The van der Waals surface area contributed by atoms with Gasteiger partial charge in [-0.1, -0.05) is 12.1 Å². The van der Waals surface area contributed by atoms with Crippen LogP contribution in [0.2, 0.25) is 0 Å². The second kappa shape index (κ2) is 20.9. The Bertz CT molecular complexity index is 2710. The van der Waals surface area contributed by atoms with Crippen LogP contribution in [0.5, 0.6) is 0 Å². The zero-order valence-corrected chi connectivity index (χ0v) is 38.2. The van der Waals surface area contributed by atoms with Crippen molar-refractivity contribution >= 4 is 69.1 Å². The van der Waals surface area contributed by atoms with Gasteiger partial charge in [0.1, 0.15) is 28.5 Å². The second-order valence-corrected chi connectivity index (χ2v) is 16.7. The number of carbonyl (C=O) groups is 6. The highest BCUT2D eigenvalue weighted by Crippen LogP contribution is 2.23. The molecule has 1 aromatic carbocycles. The number of aromatic nitrogens is 5. The molecule has 0 atom stereocenters. The van der Waals surface area contributed by atoms with Crippen molar-refractivity contribution in [1.29, 1.82) is 0 Å². The Morgan fingerprint density at radius 2 is 0.938 bits per heavy atom. The molecule has 0 fully saturated rings. The molecular formula is C46H59N13O6. The number of H-pyrrole nitrogens is 1. The van der Waals surface area contributed by atoms with Crippen LogP contribution in [0, 0.1) is 0 Å². The fourth-order valence-corrected chi connectivity index (χ4v) is 7.33. The first-order valence-electron chi connectivity index (χ1n) is 21.3. The molecule has 5 aromatic heterocycles. The molecule has 7 N–H and O–H groups in total. The second-order valence-electron chi connectivity index (χ2n) is 16.7. The van der Waals surface area contributed by atoms with Crippen LogP contribution in [-0.4, -0.2) is 123 Å². The monoisotopic (exact) mass is 889 g/mol. The SMILES string of the molecule is CN(C)CCCNC(=O)c1cc(NC(=O)c2cc(NC(=O)CCc3ccc4cc(C(=O)Nc5cc(C(=O)Nc6cc(C(=O)NCCCN(C)C)n(C)c6)n(C)c5)[nH]c4c3)cn2C)cn1C. The minimum absolute atomic E-state index is 0.169. The average Bonchev–Trinajstić information content (AvgIpc) is 4.08. The number of benzene rings is 1. The molecule has 6 aromatic rings. The Kier molecular flexibility index (Phi) is 15.1. The summed E-state index contributed by atoms with van der Waals surface area (Å²) in [5, 5.41) is 18.0. The number of aromatic amines is 1. The van der Waals surface area contributed by atoms with Gasteiger partial charge in [0.25, 0.3) is 29.5 Å². The lowest BCUT2D eigenvalue weighted by Crippen LogP contribution is -2.28. The molecule has 65 heavy (non-hydrogen) atoms. The first-order chi connectivity index (χ1) is 30.9. The normalized spacial score (nSPS) is 11.3. The van der Waals surface area contributed by atoms with Crippen molar-refractivity contribution in [3.8, 4) is 0 Å². The molecule has 0 unspecified atom stereocenters. The van der Waals surface area contributed by atoms with Gasteiger partial charge in [-0.2, -0.15) is 0 Å². The molecule has 0 spiro atoms. The lowest BCUT2D eigenvalue weighted by molar-refractivity contribution is -0.116. The van der Waals surface area contributed by atoms with Gasteiger partial charge in [-0.25, -0.2) is 0 Å². The maximum atomic E-state index is 13.3. The van der Waals surface area contributed by atoms with E-state index >= 15 is 0 Å². The van der Waals surface area contributed by atoms with Crippen molar-refractivity contribution < 1.29 is 28.8 Å². The standard InChI is InChI=1S/C46H59N13O6/c1-54(2)17-9-15-47-43(62)37-22-33(27-56(37)5)51-45(64)39-21-31(25-58(39)7)49-41(60)14-12-29-11-13-30-20-36(53-35(30)19-29)42(61)50-32-24-40(59(8)26-32)46(65)52-34-23-38(57(6)28-34)44(63)48-16-10-18-55(3)4/h11,13,19-28,53H,9-10,12,14-18H2,1-8H3,(H,47,62)(H,48,63)(H,49,60)(H,50,61)(H,51,64)(H,52,65). The molecule has 0 saturated heterocycles. The van der Waals surface area contributed by atoms with Crippen LogP contribution < -0.4 is 31.9 Å². The quantitative estimate of drug-likeness (QED) is 0.0550. The molecular weight excluding hydrogens is 831 g/mol. The first kappa shape index (κ1) is 47.1. The fourth-order valence-electron chi connectivity index (χ4n) is 7.33. The Labute approximate surface area is 377 Å². The van der Waals surface area contributed by atoms with Crippen molar-refractivity contribution in [1.82, 2.24) is 43.7 Å². The molecule has 6 rings (SSSR count). The number of hydrogen-bond acceptors (Lipinski definition) is 8. The zero-order chi connectivity index (χ0) is 46.9. The van der Waals surface area contributed by atoms with Crippen molar-refractivity contribution in [2.45, 2.75) is 25.7 Å². The average molecular weight is 890 g/mol. The van der Waals surface area contributed by atoms with Gasteiger partial charge in [0.15, 0.2) is 0 Å². The Balaban J connectivity index is 0.981. The highest BCUT2D eigenvalue weighted by atomic mass is 16.2. The van der Waals surface area contributed by atoms with E-state index in [4.69, 9.17) is 0 Å². The van der Waals surface area contributed by atoms with Gasteiger partial charge in [0.2, 0.25) is 5.91 Å². The maximum Gasteiger partial charge on any atom is 0.272 e. The van der Waals surface area contributed by atoms with Gasteiger partial charge in [-0.3, -0.25) is 28.8 Å². The zero-order valence-electron chi connectivity index (χ0n) is 38.2. The van der Waals surface area contributed by atoms with E-state index in [0.717, 1.165) is 42.4 Å². The Hall–Kier alpha value is -7.38. The summed E-state index contributed by atoms with van der Waals surface area (Å²) < 4.78 is 6.53. The lowest BCUT2D eigenvalue weighted by atomic mass is 10.1. The van der Waals surface area contributed by atoms with E-state index < -0.39 is 17.7 Å². The van der Waals surface area contributed by atoms with Crippen molar-refractivity contribution in [3.05, 3.63) is 107 Å². The van der Waals surface area contributed by atoms with E-state index in [0.29, 0.717) is 70.7 Å². The smallest absolute Gasteiger partial charge is 0.272 e. The molecule has 19 nitrogen and oxygen atoms in total. The number of rotatable bonds is 20. The number of fused-ring (bicyclic) bond motifs is 1. The molecule has 6 amide bonds. The van der Waals surface area contributed by atoms with E-state index in [1.54, 1.807) is 102 Å². The number of carbonyl (C=O) groups excluding carboxylic acids is 6. The van der Waals surface area contributed by atoms with Crippen LogP contribution >= 0.6 is 0 Å². The predicted octanol–water partition coefficient (Wildman–Crippen LogP) is 4.21. The van der Waals surface area contributed by atoms with E-state index in [1.165, 1.54) is 0 Å². The maximum absolute atomic E-state index is 13.3. The fraction of sp³-hybridized carbons (Fsp3) is 0.348. The molecule has 344 valence electrons. The van der Waals surface area contributed by atoms with Gasteiger partial charge in [0, 0.05) is 83.4 Å². The molecule has 0 aliphatic heterocycles. The van der Waals surface area contributed by atoms with Crippen LogP contribution in [0.25, 0.3) is 10.9 Å². The highest BCUT2D eigenvalue weighted by Gasteiger charge is 2.20.